The molecule has 5 heteroatoms. The molecule has 0 aliphatic heterocycles. The van der Waals surface area contributed by atoms with E-state index in [1.165, 1.54) is 0 Å². The van der Waals surface area contributed by atoms with E-state index < -0.39 is 6.09 Å². The summed E-state index contributed by atoms with van der Waals surface area (Å²) in [5.41, 5.74) is 2.94. The van der Waals surface area contributed by atoms with Gasteiger partial charge in [-0.15, -0.1) is 0 Å². The Kier molecular flexibility index (Phi) is 4.67. The van der Waals surface area contributed by atoms with Crippen LogP contribution in [0.15, 0.2) is 59.1 Å². The van der Waals surface area contributed by atoms with Gasteiger partial charge >= 0.3 is 6.09 Å². The number of amides is 1. The number of fused-ring (bicyclic) bond motifs is 1. The number of aromatic nitrogens is 1. The van der Waals surface area contributed by atoms with Gasteiger partial charge in [0.1, 0.15) is 6.61 Å². The third kappa shape index (κ3) is 3.93. The van der Waals surface area contributed by atoms with Crippen molar-refractivity contribution in [1.29, 1.82) is 0 Å². The Morgan fingerprint density at radius 1 is 1.22 bits per heavy atom. The highest BCUT2D eigenvalue weighted by Gasteiger charge is 2.13. The molecule has 0 spiro atoms. The zero-order valence-electron chi connectivity index (χ0n) is 12.7. The molecule has 0 aliphatic rings. The fourth-order valence-electron chi connectivity index (χ4n) is 2.38. The van der Waals surface area contributed by atoms with Gasteiger partial charge in [-0.2, -0.15) is 0 Å². The monoisotopic (exact) mass is 372 g/mol. The minimum atomic E-state index is -0.429. The van der Waals surface area contributed by atoms with E-state index in [2.05, 4.69) is 26.2 Å². The largest absolute Gasteiger partial charge is 0.445 e. The summed E-state index contributed by atoms with van der Waals surface area (Å²) >= 11 is 3.46. The lowest BCUT2D eigenvalue weighted by atomic mass is 10.2. The van der Waals surface area contributed by atoms with E-state index in [1.807, 2.05) is 61.5 Å². The summed E-state index contributed by atoms with van der Waals surface area (Å²) in [6.07, 6.45) is -0.429. The molecule has 0 fully saturated rings. The maximum absolute atomic E-state index is 11.9. The molecule has 3 aromatic rings. The molecule has 0 radical (unpaired) electrons. The Morgan fingerprint density at radius 3 is 2.78 bits per heavy atom. The average molecular weight is 373 g/mol. The number of benzene rings is 2. The normalized spacial score (nSPS) is 12.1. The van der Waals surface area contributed by atoms with Crippen LogP contribution in [-0.4, -0.2) is 11.1 Å². The van der Waals surface area contributed by atoms with Gasteiger partial charge in [0, 0.05) is 21.1 Å². The second-order valence-corrected chi connectivity index (χ2v) is 6.30. The molecule has 0 aliphatic carbocycles. The number of nitrogens with one attached hydrogen (secondary N) is 2. The van der Waals surface area contributed by atoms with Gasteiger partial charge in [-0.05, 0) is 36.8 Å². The van der Waals surface area contributed by atoms with E-state index in [0.717, 1.165) is 26.6 Å². The van der Waals surface area contributed by atoms with Crippen molar-refractivity contribution in [3.63, 3.8) is 0 Å². The van der Waals surface area contributed by atoms with Crippen LogP contribution in [0.4, 0.5) is 4.79 Å². The SMILES string of the molecule is CC(NC(=O)OCc1ccccc1)c1cc2cc(Br)ccc2[nH]1. The van der Waals surface area contributed by atoms with Crippen LogP contribution >= 0.6 is 15.9 Å². The third-order valence-corrected chi connectivity index (χ3v) is 4.11. The first-order valence-corrected chi connectivity index (χ1v) is 8.16. The van der Waals surface area contributed by atoms with E-state index in [4.69, 9.17) is 4.74 Å². The van der Waals surface area contributed by atoms with Crippen LogP contribution in [0.25, 0.3) is 10.9 Å². The minimum Gasteiger partial charge on any atom is -0.445 e. The molecule has 0 bridgehead atoms. The van der Waals surface area contributed by atoms with Gasteiger partial charge in [-0.3, -0.25) is 0 Å². The van der Waals surface area contributed by atoms with Crippen molar-refractivity contribution in [2.45, 2.75) is 19.6 Å². The topological polar surface area (TPSA) is 54.1 Å². The lowest BCUT2D eigenvalue weighted by Gasteiger charge is -2.12. The molecule has 23 heavy (non-hydrogen) atoms. The second kappa shape index (κ2) is 6.87. The van der Waals surface area contributed by atoms with Crippen molar-refractivity contribution < 1.29 is 9.53 Å². The summed E-state index contributed by atoms with van der Waals surface area (Å²) in [5, 5.41) is 3.94. The Morgan fingerprint density at radius 2 is 2.00 bits per heavy atom. The lowest BCUT2D eigenvalue weighted by Crippen LogP contribution is -2.27. The maximum atomic E-state index is 11.9. The third-order valence-electron chi connectivity index (χ3n) is 3.62. The molecule has 1 unspecified atom stereocenters. The predicted molar refractivity (Wildman–Crippen MR) is 94.2 cm³/mol. The Balaban J connectivity index is 1.61. The van der Waals surface area contributed by atoms with Crippen molar-refractivity contribution in [2.75, 3.05) is 0 Å². The summed E-state index contributed by atoms with van der Waals surface area (Å²) in [4.78, 5) is 15.2. The number of ether oxygens (including phenoxy) is 1. The summed E-state index contributed by atoms with van der Waals surface area (Å²) in [5.74, 6) is 0. The molecule has 3 rings (SSSR count). The molecule has 0 saturated carbocycles. The number of H-pyrrole nitrogens is 1. The molecule has 0 saturated heterocycles. The van der Waals surface area contributed by atoms with Crippen molar-refractivity contribution >= 4 is 32.9 Å². The first kappa shape index (κ1) is 15.6. The molecular formula is C18H17BrN2O2. The first-order valence-electron chi connectivity index (χ1n) is 7.37. The number of alkyl carbamates (subject to hydrolysis) is 1. The van der Waals surface area contributed by atoms with Gasteiger partial charge in [0.2, 0.25) is 0 Å². The summed E-state index contributed by atoms with van der Waals surface area (Å²) in [7, 11) is 0. The number of carbonyl (C=O) groups excluding carboxylic acids is 1. The number of halogens is 1. The summed E-state index contributed by atoms with van der Waals surface area (Å²) in [6.45, 7) is 2.18. The highest BCUT2D eigenvalue weighted by Crippen LogP contribution is 2.23. The smallest absolute Gasteiger partial charge is 0.407 e. The molecule has 1 amide bonds. The van der Waals surface area contributed by atoms with Crippen molar-refractivity contribution in [1.82, 2.24) is 10.3 Å². The van der Waals surface area contributed by atoms with Crippen LogP contribution < -0.4 is 5.32 Å². The quantitative estimate of drug-likeness (QED) is 0.682. The predicted octanol–water partition coefficient (Wildman–Crippen LogP) is 4.92. The Bertz CT molecular complexity index is 814. The van der Waals surface area contributed by atoms with Gasteiger partial charge in [0.05, 0.1) is 6.04 Å². The van der Waals surface area contributed by atoms with Crippen LogP contribution in [0.2, 0.25) is 0 Å². The standard InChI is InChI=1S/C18H17BrN2O2/c1-12(17-10-14-9-15(19)7-8-16(14)21-17)20-18(22)23-11-13-5-3-2-4-6-13/h2-10,12,21H,11H2,1H3,(H,20,22). The van der Waals surface area contributed by atoms with Crippen LogP contribution in [0.3, 0.4) is 0 Å². The van der Waals surface area contributed by atoms with E-state index in [9.17, 15) is 4.79 Å². The number of hydrogen-bond donors (Lipinski definition) is 2. The second-order valence-electron chi connectivity index (χ2n) is 5.38. The minimum absolute atomic E-state index is 0.163. The molecule has 1 atom stereocenters. The van der Waals surface area contributed by atoms with Gasteiger partial charge in [-0.25, -0.2) is 4.79 Å². The zero-order chi connectivity index (χ0) is 16.2. The Labute approximate surface area is 143 Å². The van der Waals surface area contributed by atoms with Crippen molar-refractivity contribution in [3.8, 4) is 0 Å². The van der Waals surface area contributed by atoms with E-state index >= 15 is 0 Å². The first-order chi connectivity index (χ1) is 11.1. The zero-order valence-corrected chi connectivity index (χ0v) is 14.3. The van der Waals surface area contributed by atoms with E-state index in [0.29, 0.717) is 0 Å². The highest BCUT2D eigenvalue weighted by molar-refractivity contribution is 9.10. The van der Waals surface area contributed by atoms with Gasteiger partial charge < -0.3 is 15.0 Å². The fraction of sp³-hybridized carbons (Fsp3) is 0.167. The maximum Gasteiger partial charge on any atom is 0.407 e. The number of carbonyl (C=O) groups is 1. The number of hydrogen-bond acceptors (Lipinski definition) is 2. The van der Waals surface area contributed by atoms with E-state index in [1.54, 1.807) is 0 Å². The van der Waals surface area contributed by atoms with Gasteiger partial charge in [0.25, 0.3) is 0 Å². The number of rotatable bonds is 4. The van der Waals surface area contributed by atoms with Crippen LogP contribution in [0.5, 0.6) is 0 Å². The lowest BCUT2D eigenvalue weighted by molar-refractivity contribution is 0.136. The molecule has 1 aromatic heterocycles. The van der Waals surface area contributed by atoms with Crippen LogP contribution in [0.1, 0.15) is 24.2 Å². The molecule has 2 aromatic carbocycles. The summed E-state index contributed by atoms with van der Waals surface area (Å²) < 4.78 is 6.27. The van der Waals surface area contributed by atoms with Crippen molar-refractivity contribution in [3.05, 3.63) is 70.3 Å². The fourth-order valence-corrected chi connectivity index (χ4v) is 2.76. The van der Waals surface area contributed by atoms with Crippen molar-refractivity contribution in [2.24, 2.45) is 0 Å². The molecule has 4 nitrogen and oxygen atoms in total. The molecule has 2 N–H and O–H groups in total. The average Bonchev–Trinajstić information content (AvgIpc) is 2.97. The van der Waals surface area contributed by atoms with Gasteiger partial charge in [0.15, 0.2) is 0 Å². The van der Waals surface area contributed by atoms with Crippen LogP contribution in [-0.2, 0) is 11.3 Å². The Hall–Kier alpha value is -2.27. The number of aromatic amines is 1. The summed E-state index contributed by atoms with van der Waals surface area (Å²) in [6, 6.07) is 17.5. The van der Waals surface area contributed by atoms with E-state index in [-0.39, 0.29) is 12.6 Å². The molecule has 118 valence electrons. The molecule has 1 heterocycles. The molecular weight excluding hydrogens is 356 g/mol. The highest BCUT2D eigenvalue weighted by atomic mass is 79.9. The van der Waals surface area contributed by atoms with Gasteiger partial charge in [-0.1, -0.05) is 46.3 Å². The van der Waals surface area contributed by atoms with Crippen LogP contribution in [0, 0.1) is 0 Å².